The Morgan fingerprint density at radius 3 is 2.29 bits per heavy atom. The molecule has 17 heavy (non-hydrogen) atoms. The van der Waals surface area contributed by atoms with Gasteiger partial charge in [-0.3, -0.25) is 0 Å². The minimum absolute atomic E-state index is 0.0507. The van der Waals surface area contributed by atoms with Gasteiger partial charge in [-0.2, -0.15) is 18.4 Å². The molecule has 98 valence electrons. The lowest BCUT2D eigenvalue weighted by molar-refractivity contribution is -0.0844. The standard InChI is InChI=1S/C10H14F3NO2S/c1-2-3-4-5-8-17(15,16)9(6-7-14)10(11,12)13/h6H,2-5,8H2,1H3/b9-6-. The molecule has 0 atom stereocenters. The summed E-state index contributed by atoms with van der Waals surface area (Å²) in [7, 11) is -4.41. The van der Waals surface area contributed by atoms with Crippen molar-refractivity contribution >= 4 is 9.84 Å². The van der Waals surface area contributed by atoms with Crippen molar-refractivity contribution in [2.75, 3.05) is 5.75 Å². The lowest BCUT2D eigenvalue weighted by atomic mass is 10.2. The van der Waals surface area contributed by atoms with Crippen LogP contribution in [-0.4, -0.2) is 20.3 Å². The van der Waals surface area contributed by atoms with Gasteiger partial charge in [-0.05, 0) is 6.42 Å². The average Bonchev–Trinajstić information content (AvgIpc) is 2.19. The number of sulfone groups is 1. The smallest absolute Gasteiger partial charge is 0.224 e. The van der Waals surface area contributed by atoms with E-state index in [2.05, 4.69) is 0 Å². The number of halogens is 3. The maximum Gasteiger partial charge on any atom is 0.427 e. The van der Waals surface area contributed by atoms with Crippen molar-refractivity contribution in [3.8, 4) is 6.07 Å². The Balaban J connectivity index is 4.79. The van der Waals surface area contributed by atoms with Crippen LogP contribution in [0.15, 0.2) is 11.0 Å². The second kappa shape index (κ2) is 6.64. The van der Waals surface area contributed by atoms with E-state index < -0.39 is 26.7 Å². The van der Waals surface area contributed by atoms with Crippen LogP contribution in [0.5, 0.6) is 0 Å². The van der Waals surface area contributed by atoms with E-state index >= 15 is 0 Å². The van der Waals surface area contributed by atoms with E-state index in [0.717, 1.165) is 18.9 Å². The van der Waals surface area contributed by atoms with Crippen molar-refractivity contribution in [2.24, 2.45) is 0 Å². The van der Waals surface area contributed by atoms with Gasteiger partial charge in [-0.15, -0.1) is 0 Å². The molecular formula is C10H14F3NO2S. The molecule has 0 spiro atoms. The molecule has 0 aromatic rings. The summed E-state index contributed by atoms with van der Waals surface area (Å²) >= 11 is 0. The molecule has 0 heterocycles. The summed E-state index contributed by atoms with van der Waals surface area (Å²) in [5.41, 5.74) is 0. The number of nitriles is 1. The first-order valence-corrected chi connectivity index (χ1v) is 6.80. The van der Waals surface area contributed by atoms with E-state index in [1.165, 1.54) is 0 Å². The first-order valence-electron chi connectivity index (χ1n) is 5.15. The quantitative estimate of drug-likeness (QED) is 0.550. The third kappa shape index (κ3) is 5.73. The topological polar surface area (TPSA) is 57.9 Å². The fourth-order valence-corrected chi connectivity index (χ4v) is 2.62. The van der Waals surface area contributed by atoms with Crippen LogP contribution in [0.3, 0.4) is 0 Å². The highest BCUT2D eigenvalue weighted by Gasteiger charge is 2.42. The van der Waals surface area contributed by atoms with Crippen LogP contribution in [0.2, 0.25) is 0 Å². The molecule has 0 aromatic heterocycles. The third-order valence-corrected chi connectivity index (χ3v) is 3.92. The Labute approximate surface area is 98.8 Å². The van der Waals surface area contributed by atoms with Crippen molar-refractivity contribution in [2.45, 2.75) is 38.8 Å². The molecule has 0 saturated carbocycles. The Kier molecular flexibility index (Phi) is 6.24. The largest absolute Gasteiger partial charge is 0.427 e. The van der Waals surface area contributed by atoms with Crippen molar-refractivity contribution in [3.63, 3.8) is 0 Å². The molecule has 0 radical (unpaired) electrons. The lowest BCUT2D eigenvalue weighted by Gasteiger charge is -2.11. The van der Waals surface area contributed by atoms with Gasteiger partial charge in [0.25, 0.3) is 0 Å². The van der Waals surface area contributed by atoms with Crippen molar-refractivity contribution in [1.82, 2.24) is 0 Å². The summed E-state index contributed by atoms with van der Waals surface area (Å²) in [5.74, 6) is -0.569. The number of unbranched alkanes of at least 4 members (excludes halogenated alkanes) is 3. The first-order chi connectivity index (χ1) is 7.75. The fraction of sp³-hybridized carbons (Fsp3) is 0.700. The van der Waals surface area contributed by atoms with Crippen LogP contribution in [0.25, 0.3) is 0 Å². The molecule has 0 aliphatic carbocycles. The number of rotatable bonds is 6. The minimum atomic E-state index is -5.00. The zero-order chi connectivity index (χ0) is 13.5. The molecule has 0 unspecified atom stereocenters. The molecule has 0 aromatic carbocycles. The van der Waals surface area contributed by atoms with Gasteiger partial charge < -0.3 is 0 Å². The average molecular weight is 269 g/mol. The predicted octanol–water partition coefficient (Wildman–Crippen LogP) is 2.95. The van der Waals surface area contributed by atoms with Crippen LogP contribution < -0.4 is 0 Å². The van der Waals surface area contributed by atoms with E-state index in [9.17, 15) is 21.6 Å². The van der Waals surface area contributed by atoms with E-state index in [0.29, 0.717) is 6.42 Å². The van der Waals surface area contributed by atoms with E-state index in [1.807, 2.05) is 6.92 Å². The highest BCUT2D eigenvalue weighted by Crippen LogP contribution is 2.30. The summed E-state index contributed by atoms with van der Waals surface area (Å²) < 4.78 is 59.9. The highest BCUT2D eigenvalue weighted by molar-refractivity contribution is 7.95. The Hall–Kier alpha value is -1.03. The lowest BCUT2D eigenvalue weighted by Crippen LogP contribution is -2.22. The molecule has 0 bridgehead atoms. The molecule has 0 amide bonds. The Bertz CT molecular complexity index is 404. The summed E-state index contributed by atoms with van der Waals surface area (Å²) in [6.45, 7) is 1.91. The molecule has 0 aliphatic heterocycles. The molecule has 7 heteroatoms. The molecular weight excluding hydrogens is 255 g/mol. The van der Waals surface area contributed by atoms with Gasteiger partial charge in [0.05, 0.1) is 11.8 Å². The van der Waals surface area contributed by atoms with Crippen molar-refractivity contribution in [1.29, 1.82) is 5.26 Å². The van der Waals surface area contributed by atoms with Crippen LogP contribution in [0.4, 0.5) is 13.2 Å². The predicted molar refractivity (Wildman–Crippen MR) is 57.7 cm³/mol. The monoisotopic (exact) mass is 269 g/mol. The second-order valence-corrected chi connectivity index (χ2v) is 5.59. The zero-order valence-electron chi connectivity index (χ0n) is 9.42. The number of hydrogen-bond acceptors (Lipinski definition) is 3. The van der Waals surface area contributed by atoms with E-state index in [-0.39, 0.29) is 12.5 Å². The van der Waals surface area contributed by atoms with E-state index in [1.54, 1.807) is 0 Å². The van der Waals surface area contributed by atoms with E-state index in [4.69, 9.17) is 5.26 Å². The van der Waals surface area contributed by atoms with Crippen LogP contribution in [0.1, 0.15) is 32.6 Å². The fourth-order valence-electron chi connectivity index (χ4n) is 1.24. The van der Waals surface area contributed by atoms with Gasteiger partial charge in [0.15, 0.2) is 14.7 Å². The van der Waals surface area contributed by atoms with Gasteiger partial charge in [-0.25, -0.2) is 8.42 Å². The Morgan fingerprint density at radius 1 is 1.29 bits per heavy atom. The molecule has 0 aliphatic rings. The van der Waals surface area contributed by atoms with Crippen molar-refractivity contribution < 1.29 is 21.6 Å². The van der Waals surface area contributed by atoms with Crippen molar-refractivity contribution in [3.05, 3.63) is 11.0 Å². The molecule has 0 saturated heterocycles. The molecule has 0 rings (SSSR count). The summed E-state index contributed by atoms with van der Waals surface area (Å²) in [5, 5.41) is 8.18. The number of allylic oxidation sites excluding steroid dienone is 2. The zero-order valence-corrected chi connectivity index (χ0v) is 10.2. The summed E-state index contributed by atoms with van der Waals surface area (Å²) in [6, 6.07) is 1.12. The molecule has 3 nitrogen and oxygen atoms in total. The summed E-state index contributed by atoms with van der Waals surface area (Å²) in [4.78, 5) is -1.75. The highest BCUT2D eigenvalue weighted by atomic mass is 32.2. The SMILES string of the molecule is CCCCCCS(=O)(=O)/C(=C\C#N)C(F)(F)F. The number of alkyl halides is 3. The minimum Gasteiger partial charge on any atom is -0.224 e. The maximum atomic E-state index is 12.4. The second-order valence-electron chi connectivity index (χ2n) is 3.51. The molecule has 0 fully saturated rings. The van der Waals surface area contributed by atoms with Crippen LogP contribution >= 0.6 is 0 Å². The van der Waals surface area contributed by atoms with Crippen LogP contribution in [0, 0.1) is 11.3 Å². The summed E-state index contributed by atoms with van der Waals surface area (Å²) in [6.07, 6.45) is -2.57. The number of hydrogen-bond donors (Lipinski definition) is 0. The van der Waals surface area contributed by atoms with Gasteiger partial charge in [-0.1, -0.05) is 26.2 Å². The molecule has 0 N–H and O–H groups in total. The maximum absolute atomic E-state index is 12.4. The van der Waals surface area contributed by atoms with Gasteiger partial charge in [0.2, 0.25) is 0 Å². The van der Waals surface area contributed by atoms with Gasteiger partial charge in [0, 0.05) is 6.08 Å². The third-order valence-electron chi connectivity index (χ3n) is 2.08. The Morgan fingerprint density at radius 2 is 1.88 bits per heavy atom. The number of nitrogens with zero attached hydrogens (tertiary/aromatic N) is 1. The van der Waals surface area contributed by atoms with Gasteiger partial charge in [0.1, 0.15) is 0 Å². The first kappa shape index (κ1) is 16.0. The van der Waals surface area contributed by atoms with Crippen LogP contribution in [-0.2, 0) is 9.84 Å². The normalized spacial score (nSPS) is 13.5. The van der Waals surface area contributed by atoms with Gasteiger partial charge >= 0.3 is 6.18 Å².